The van der Waals surface area contributed by atoms with Gasteiger partial charge in [-0.25, -0.2) is 0 Å². The van der Waals surface area contributed by atoms with Crippen molar-refractivity contribution in [3.63, 3.8) is 0 Å². The van der Waals surface area contributed by atoms with Gasteiger partial charge in [0.25, 0.3) is 5.91 Å². The van der Waals surface area contributed by atoms with Gasteiger partial charge in [-0.05, 0) is 55.3 Å². The molecular weight excluding hydrogens is 378 g/mol. The summed E-state index contributed by atoms with van der Waals surface area (Å²) < 4.78 is 11.2. The fraction of sp³-hybridized carbons (Fsp3) is 0.120. The van der Waals surface area contributed by atoms with Gasteiger partial charge >= 0.3 is 0 Å². The molecule has 1 N–H and O–H groups in total. The van der Waals surface area contributed by atoms with Crippen molar-refractivity contribution in [2.45, 2.75) is 13.8 Å². The van der Waals surface area contributed by atoms with E-state index < -0.39 is 0 Å². The summed E-state index contributed by atoms with van der Waals surface area (Å²) >= 11 is 0. The molecule has 0 unspecified atom stereocenters. The Morgan fingerprint density at radius 2 is 1.73 bits per heavy atom. The third kappa shape index (κ3) is 3.82. The van der Waals surface area contributed by atoms with Gasteiger partial charge in [-0.2, -0.15) is 0 Å². The Morgan fingerprint density at radius 3 is 2.47 bits per heavy atom. The zero-order valence-electron chi connectivity index (χ0n) is 17.0. The standard InChI is InChI=1S/C25H21NO4/c1-15-11-16(2)24-21(12-15)22(27)14-23(30-24)17-7-9-18(10-8-17)25(28)26-19-5-4-6-20(13-19)29-3/h4-14H,1-3H3,(H,26,28). The van der Waals surface area contributed by atoms with Crippen molar-refractivity contribution in [3.05, 3.63) is 93.6 Å². The van der Waals surface area contributed by atoms with E-state index in [0.717, 1.165) is 16.7 Å². The predicted octanol–water partition coefficient (Wildman–Crippen LogP) is 5.34. The van der Waals surface area contributed by atoms with Crippen LogP contribution in [0.15, 0.2) is 75.9 Å². The van der Waals surface area contributed by atoms with E-state index in [-0.39, 0.29) is 11.3 Å². The van der Waals surface area contributed by atoms with Crippen LogP contribution in [-0.4, -0.2) is 13.0 Å². The van der Waals surface area contributed by atoms with Crippen molar-refractivity contribution in [2.24, 2.45) is 0 Å². The van der Waals surface area contributed by atoms with Gasteiger partial charge < -0.3 is 14.5 Å². The van der Waals surface area contributed by atoms with Crippen molar-refractivity contribution in [1.29, 1.82) is 0 Å². The van der Waals surface area contributed by atoms with E-state index in [0.29, 0.717) is 33.7 Å². The maximum Gasteiger partial charge on any atom is 0.255 e. The molecular formula is C25H21NO4. The molecule has 30 heavy (non-hydrogen) atoms. The Kier molecular flexibility index (Phi) is 5.11. The first kappa shape index (κ1) is 19.5. The molecule has 1 aromatic heterocycles. The predicted molar refractivity (Wildman–Crippen MR) is 118 cm³/mol. The zero-order chi connectivity index (χ0) is 21.3. The highest BCUT2D eigenvalue weighted by Gasteiger charge is 2.11. The largest absolute Gasteiger partial charge is 0.497 e. The summed E-state index contributed by atoms with van der Waals surface area (Å²) in [4.78, 5) is 25.1. The van der Waals surface area contributed by atoms with Crippen molar-refractivity contribution in [3.8, 4) is 17.1 Å². The molecule has 3 aromatic carbocycles. The Hall–Kier alpha value is -3.86. The number of hydrogen-bond donors (Lipinski definition) is 1. The maximum atomic E-state index is 12.6. The van der Waals surface area contributed by atoms with Gasteiger partial charge in [0.1, 0.15) is 17.1 Å². The molecule has 0 radical (unpaired) electrons. The van der Waals surface area contributed by atoms with Crippen molar-refractivity contribution in [2.75, 3.05) is 12.4 Å². The summed E-state index contributed by atoms with van der Waals surface area (Å²) in [6.07, 6.45) is 0. The van der Waals surface area contributed by atoms with Gasteiger partial charge in [0.05, 0.1) is 12.5 Å². The molecule has 150 valence electrons. The van der Waals surface area contributed by atoms with Crippen LogP contribution in [0, 0.1) is 13.8 Å². The van der Waals surface area contributed by atoms with Crippen LogP contribution in [0.2, 0.25) is 0 Å². The highest BCUT2D eigenvalue weighted by Crippen LogP contribution is 2.26. The Bertz CT molecular complexity index is 1300. The van der Waals surface area contributed by atoms with Gasteiger partial charge in [0, 0.05) is 28.9 Å². The van der Waals surface area contributed by atoms with Crippen LogP contribution >= 0.6 is 0 Å². The minimum atomic E-state index is -0.235. The second kappa shape index (κ2) is 7.87. The van der Waals surface area contributed by atoms with E-state index in [1.807, 2.05) is 38.1 Å². The highest BCUT2D eigenvalue weighted by atomic mass is 16.5. The minimum absolute atomic E-state index is 0.0853. The van der Waals surface area contributed by atoms with E-state index >= 15 is 0 Å². The Labute approximate surface area is 173 Å². The SMILES string of the molecule is COc1cccc(NC(=O)c2ccc(-c3cc(=O)c4cc(C)cc(C)c4o3)cc2)c1. The summed E-state index contributed by atoms with van der Waals surface area (Å²) in [7, 11) is 1.58. The van der Waals surface area contributed by atoms with E-state index in [9.17, 15) is 9.59 Å². The first-order valence-corrected chi connectivity index (χ1v) is 9.55. The normalized spacial score (nSPS) is 10.8. The topological polar surface area (TPSA) is 68.5 Å². The van der Waals surface area contributed by atoms with Crippen LogP contribution in [0.3, 0.4) is 0 Å². The van der Waals surface area contributed by atoms with E-state index in [4.69, 9.17) is 9.15 Å². The third-order valence-electron chi connectivity index (χ3n) is 4.92. The monoisotopic (exact) mass is 399 g/mol. The lowest BCUT2D eigenvalue weighted by atomic mass is 10.1. The van der Waals surface area contributed by atoms with Crippen molar-refractivity contribution >= 4 is 22.6 Å². The quantitative estimate of drug-likeness (QED) is 0.503. The zero-order valence-corrected chi connectivity index (χ0v) is 17.0. The number of anilines is 1. The molecule has 4 rings (SSSR count). The number of rotatable bonds is 4. The van der Waals surface area contributed by atoms with Crippen LogP contribution in [0.5, 0.6) is 5.75 Å². The average Bonchev–Trinajstić information content (AvgIpc) is 2.74. The molecule has 0 bridgehead atoms. The van der Waals surface area contributed by atoms with Crippen molar-refractivity contribution < 1.29 is 13.9 Å². The fourth-order valence-electron chi connectivity index (χ4n) is 3.44. The molecule has 0 aliphatic rings. The molecule has 5 heteroatoms. The summed E-state index contributed by atoms with van der Waals surface area (Å²) in [5.74, 6) is 0.903. The first-order chi connectivity index (χ1) is 14.4. The van der Waals surface area contributed by atoms with E-state index in [1.165, 1.54) is 6.07 Å². The van der Waals surface area contributed by atoms with E-state index in [1.54, 1.807) is 43.5 Å². The van der Waals surface area contributed by atoms with Gasteiger partial charge in [0.2, 0.25) is 0 Å². The number of benzene rings is 3. The number of hydrogen-bond acceptors (Lipinski definition) is 4. The van der Waals surface area contributed by atoms with Gasteiger partial charge in [0.15, 0.2) is 5.43 Å². The molecule has 4 aromatic rings. The molecule has 0 aliphatic carbocycles. The summed E-state index contributed by atoms with van der Waals surface area (Å²) in [5, 5.41) is 3.42. The molecule has 0 spiro atoms. The van der Waals surface area contributed by atoms with Crippen molar-refractivity contribution in [1.82, 2.24) is 0 Å². The number of nitrogens with one attached hydrogen (secondary N) is 1. The smallest absolute Gasteiger partial charge is 0.255 e. The molecule has 5 nitrogen and oxygen atoms in total. The lowest BCUT2D eigenvalue weighted by molar-refractivity contribution is 0.102. The number of methoxy groups -OCH3 is 1. The number of carbonyl (C=O) groups is 1. The highest BCUT2D eigenvalue weighted by molar-refractivity contribution is 6.04. The molecule has 0 fully saturated rings. The van der Waals surface area contributed by atoms with Crippen LogP contribution < -0.4 is 15.5 Å². The summed E-state index contributed by atoms with van der Waals surface area (Å²) in [6, 6.07) is 19.4. The van der Waals surface area contributed by atoms with Crippen LogP contribution in [0.25, 0.3) is 22.3 Å². The molecule has 1 amide bonds. The molecule has 1 heterocycles. The Balaban J connectivity index is 1.62. The number of aryl methyl sites for hydroxylation is 2. The lowest BCUT2D eigenvalue weighted by Gasteiger charge is -2.09. The number of ether oxygens (including phenoxy) is 1. The summed E-state index contributed by atoms with van der Waals surface area (Å²) in [6.45, 7) is 3.88. The second-order valence-corrected chi connectivity index (χ2v) is 7.20. The van der Waals surface area contributed by atoms with Gasteiger partial charge in [-0.1, -0.05) is 24.3 Å². The molecule has 0 saturated carbocycles. The number of carbonyl (C=O) groups excluding carboxylic acids is 1. The van der Waals surface area contributed by atoms with Crippen LogP contribution in [0.4, 0.5) is 5.69 Å². The molecule has 0 saturated heterocycles. The second-order valence-electron chi connectivity index (χ2n) is 7.20. The van der Waals surface area contributed by atoms with Crippen LogP contribution in [-0.2, 0) is 0 Å². The third-order valence-corrected chi connectivity index (χ3v) is 4.92. The fourth-order valence-corrected chi connectivity index (χ4v) is 3.44. The molecule has 0 aliphatic heterocycles. The van der Waals surface area contributed by atoms with Gasteiger partial charge in [-0.3, -0.25) is 9.59 Å². The average molecular weight is 399 g/mol. The summed E-state index contributed by atoms with van der Waals surface area (Å²) in [5.41, 5.74) is 4.31. The van der Waals surface area contributed by atoms with Gasteiger partial charge in [-0.15, -0.1) is 0 Å². The lowest BCUT2D eigenvalue weighted by Crippen LogP contribution is -2.11. The Morgan fingerprint density at radius 1 is 0.967 bits per heavy atom. The molecule has 0 atom stereocenters. The maximum absolute atomic E-state index is 12.6. The number of fused-ring (bicyclic) bond motifs is 1. The van der Waals surface area contributed by atoms with Crippen LogP contribution in [0.1, 0.15) is 21.5 Å². The number of amides is 1. The van der Waals surface area contributed by atoms with E-state index in [2.05, 4.69) is 5.32 Å². The first-order valence-electron chi connectivity index (χ1n) is 9.55. The minimum Gasteiger partial charge on any atom is -0.497 e.